The van der Waals surface area contributed by atoms with E-state index < -0.39 is 0 Å². The van der Waals surface area contributed by atoms with Crippen molar-refractivity contribution < 1.29 is 9.59 Å². The number of imide groups is 1. The summed E-state index contributed by atoms with van der Waals surface area (Å²) in [7, 11) is 1.60. The van der Waals surface area contributed by atoms with E-state index in [1.807, 2.05) is 12.1 Å². The van der Waals surface area contributed by atoms with Gasteiger partial charge in [0, 0.05) is 35.6 Å². The van der Waals surface area contributed by atoms with Gasteiger partial charge in [-0.1, -0.05) is 11.6 Å². The van der Waals surface area contributed by atoms with Crippen LogP contribution in [0.5, 0.6) is 0 Å². The van der Waals surface area contributed by atoms with Gasteiger partial charge >= 0.3 is 6.03 Å². The highest BCUT2D eigenvalue weighted by Gasteiger charge is 2.33. The first-order chi connectivity index (χ1) is 10.5. The van der Waals surface area contributed by atoms with Gasteiger partial charge in [0.05, 0.1) is 6.54 Å². The zero-order chi connectivity index (χ0) is 15.7. The highest BCUT2D eigenvalue weighted by Crippen LogP contribution is 2.18. The van der Waals surface area contributed by atoms with Crippen LogP contribution >= 0.6 is 11.6 Å². The minimum absolute atomic E-state index is 0.114. The summed E-state index contributed by atoms with van der Waals surface area (Å²) in [4.78, 5) is 34.7. The van der Waals surface area contributed by atoms with E-state index in [0.29, 0.717) is 16.4 Å². The maximum atomic E-state index is 11.8. The van der Waals surface area contributed by atoms with Gasteiger partial charge in [0.15, 0.2) is 5.82 Å². The van der Waals surface area contributed by atoms with Crippen LogP contribution < -0.4 is 0 Å². The molecule has 2 aromatic rings. The summed E-state index contributed by atoms with van der Waals surface area (Å²) >= 11 is 5.84. The van der Waals surface area contributed by atoms with E-state index in [-0.39, 0.29) is 25.0 Å². The second kappa shape index (κ2) is 5.73. The van der Waals surface area contributed by atoms with Crippen molar-refractivity contribution in [2.75, 3.05) is 13.6 Å². The zero-order valence-electron chi connectivity index (χ0n) is 11.9. The Morgan fingerprint density at radius 1 is 1.14 bits per heavy atom. The van der Waals surface area contributed by atoms with Crippen molar-refractivity contribution in [2.24, 2.45) is 0 Å². The molecule has 1 aliphatic heterocycles. The van der Waals surface area contributed by atoms with E-state index in [1.165, 1.54) is 9.80 Å². The van der Waals surface area contributed by atoms with Gasteiger partial charge in [-0.2, -0.15) is 0 Å². The van der Waals surface area contributed by atoms with Gasteiger partial charge in [-0.25, -0.2) is 14.8 Å². The Bertz CT molecular complexity index is 715. The number of carbonyl (C=O) groups is 2. The molecule has 1 fully saturated rings. The number of urea groups is 1. The third kappa shape index (κ3) is 2.78. The molecule has 3 rings (SSSR count). The monoisotopic (exact) mass is 316 g/mol. The lowest BCUT2D eigenvalue weighted by Gasteiger charge is -2.13. The van der Waals surface area contributed by atoms with Crippen LogP contribution in [0.3, 0.4) is 0 Å². The molecule has 112 valence electrons. The molecule has 1 aliphatic rings. The fourth-order valence-corrected chi connectivity index (χ4v) is 2.32. The summed E-state index contributed by atoms with van der Waals surface area (Å²) in [5.74, 6) is 0.353. The molecule has 1 aromatic carbocycles. The Balaban J connectivity index is 1.76. The number of amides is 3. The number of aromatic nitrogens is 2. The number of carbonyl (C=O) groups excluding carboxylic acids is 2. The van der Waals surface area contributed by atoms with Crippen LogP contribution in [-0.2, 0) is 11.3 Å². The van der Waals surface area contributed by atoms with Crippen LogP contribution in [0, 0.1) is 0 Å². The number of benzene rings is 1. The molecule has 0 saturated carbocycles. The van der Waals surface area contributed by atoms with E-state index in [0.717, 1.165) is 5.56 Å². The average Bonchev–Trinajstić information content (AvgIpc) is 2.75. The van der Waals surface area contributed by atoms with Crippen LogP contribution in [0.2, 0.25) is 5.02 Å². The number of likely N-dealkylation sites (N-methyl/N-ethyl adjacent to an activating group) is 1. The smallest absolute Gasteiger partial charge is 0.318 e. The van der Waals surface area contributed by atoms with Crippen LogP contribution in [-0.4, -0.2) is 45.3 Å². The normalized spacial score (nSPS) is 14.8. The molecule has 0 N–H and O–H groups in total. The van der Waals surface area contributed by atoms with E-state index in [2.05, 4.69) is 9.97 Å². The maximum Gasteiger partial charge on any atom is 0.327 e. The van der Waals surface area contributed by atoms with E-state index in [1.54, 1.807) is 31.6 Å². The topological polar surface area (TPSA) is 66.4 Å². The maximum absolute atomic E-state index is 11.8. The van der Waals surface area contributed by atoms with Crippen LogP contribution in [0.15, 0.2) is 36.7 Å². The molecular formula is C15H13ClN4O2. The Labute approximate surface area is 132 Å². The minimum Gasteiger partial charge on any atom is -0.318 e. The summed E-state index contributed by atoms with van der Waals surface area (Å²) < 4.78 is 0. The van der Waals surface area contributed by atoms with Crippen LogP contribution in [0.1, 0.15) is 5.56 Å². The summed E-state index contributed by atoms with van der Waals surface area (Å²) in [5, 5.41) is 0.649. The molecule has 3 amide bonds. The second-order valence-corrected chi connectivity index (χ2v) is 5.48. The molecule has 0 spiro atoms. The van der Waals surface area contributed by atoms with Crippen molar-refractivity contribution >= 4 is 23.5 Å². The Hall–Kier alpha value is -2.47. The molecule has 1 aromatic heterocycles. The van der Waals surface area contributed by atoms with Gasteiger partial charge in [0.1, 0.15) is 6.54 Å². The number of halogens is 1. The predicted octanol–water partition coefficient (Wildman–Crippen LogP) is 2.19. The largest absolute Gasteiger partial charge is 0.327 e. The van der Waals surface area contributed by atoms with E-state index >= 15 is 0 Å². The summed E-state index contributed by atoms with van der Waals surface area (Å²) in [6.45, 7) is 0.297. The molecule has 22 heavy (non-hydrogen) atoms. The first-order valence-electron chi connectivity index (χ1n) is 6.67. The quantitative estimate of drug-likeness (QED) is 0.814. The molecular weight excluding hydrogens is 304 g/mol. The minimum atomic E-state index is -0.299. The molecule has 0 bridgehead atoms. The molecule has 1 saturated heterocycles. The predicted molar refractivity (Wildman–Crippen MR) is 81.1 cm³/mol. The lowest BCUT2D eigenvalue weighted by molar-refractivity contribution is -0.125. The molecule has 0 aliphatic carbocycles. The van der Waals surface area contributed by atoms with Crippen molar-refractivity contribution in [2.45, 2.75) is 6.54 Å². The number of rotatable bonds is 3. The van der Waals surface area contributed by atoms with E-state index in [4.69, 9.17) is 11.6 Å². The van der Waals surface area contributed by atoms with Crippen molar-refractivity contribution in [3.8, 4) is 11.4 Å². The Morgan fingerprint density at radius 2 is 1.77 bits per heavy atom. The summed E-state index contributed by atoms with van der Waals surface area (Å²) in [6, 6.07) is 6.91. The fourth-order valence-electron chi connectivity index (χ4n) is 2.19. The molecule has 6 nitrogen and oxygen atoms in total. The summed E-state index contributed by atoms with van der Waals surface area (Å²) in [5.41, 5.74) is 1.55. The SMILES string of the molecule is CN1CC(=O)N(Cc2cnc(-c3ccc(Cl)cc3)nc2)C1=O. The zero-order valence-corrected chi connectivity index (χ0v) is 12.6. The average molecular weight is 317 g/mol. The lowest BCUT2D eigenvalue weighted by atomic mass is 10.2. The van der Waals surface area contributed by atoms with Gasteiger partial charge in [-0.15, -0.1) is 0 Å². The van der Waals surface area contributed by atoms with Gasteiger partial charge < -0.3 is 4.90 Å². The molecule has 7 heteroatoms. The van der Waals surface area contributed by atoms with Crippen molar-refractivity contribution in [3.05, 3.63) is 47.2 Å². The molecule has 0 atom stereocenters. The third-order valence-corrected chi connectivity index (χ3v) is 3.63. The third-order valence-electron chi connectivity index (χ3n) is 3.38. The summed E-state index contributed by atoms with van der Waals surface area (Å²) in [6.07, 6.45) is 3.24. The van der Waals surface area contributed by atoms with Gasteiger partial charge in [0.25, 0.3) is 5.91 Å². The second-order valence-electron chi connectivity index (χ2n) is 5.04. The standard InChI is InChI=1S/C15H13ClN4O2/c1-19-9-13(21)20(15(19)22)8-10-6-17-14(18-7-10)11-2-4-12(16)5-3-11/h2-7H,8-9H2,1H3. The van der Waals surface area contributed by atoms with Crippen molar-refractivity contribution in [1.82, 2.24) is 19.8 Å². The van der Waals surface area contributed by atoms with Gasteiger partial charge in [-0.3, -0.25) is 9.69 Å². The molecule has 0 radical (unpaired) electrons. The van der Waals surface area contributed by atoms with Crippen molar-refractivity contribution in [1.29, 1.82) is 0 Å². The lowest BCUT2D eigenvalue weighted by Crippen LogP contribution is -2.31. The van der Waals surface area contributed by atoms with Gasteiger partial charge in [-0.05, 0) is 24.3 Å². The molecule has 2 heterocycles. The highest BCUT2D eigenvalue weighted by molar-refractivity contribution is 6.30. The van der Waals surface area contributed by atoms with Crippen molar-refractivity contribution in [3.63, 3.8) is 0 Å². The number of nitrogens with zero attached hydrogens (tertiary/aromatic N) is 4. The number of hydrogen-bond donors (Lipinski definition) is 0. The highest BCUT2D eigenvalue weighted by atomic mass is 35.5. The Kier molecular flexibility index (Phi) is 3.77. The fraction of sp³-hybridized carbons (Fsp3) is 0.200. The first-order valence-corrected chi connectivity index (χ1v) is 7.05. The number of hydrogen-bond acceptors (Lipinski definition) is 4. The first kappa shape index (κ1) is 14.5. The Morgan fingerprint density at radius 3 is 2.32 bits per heavy atom. The van der Waals surface area contributed by atoms with Gasteiger partial charge in [0.2, 0.25) is 0 Å². The molecule has 0 unspecified atom stereocenters. The van der Waals surface area contributed by atoms with Crippen LogP contribution in [0.4, 0.5) is 4.79 Å². The van der Waals surface area contributed by atoms with Crippen LogP contribution in [0.25, 0.3) is 11.4 Å². The van der Waals surface area contributed by atoms with E-state index in [9.17, 15) is 9.59 Å².